The summed E-state index contributed by atoms with van der Waals surface area (Å²) in [6.45, 7) is 8.95. The van der Waals surface area contributed by atoms with Gasteiger partial charge in [-0.05, 0) is 63.6 Å². The zero-order valence-corrected chi connectivity index (χ0v) is 20.0. The molecule has 4 aromatic rings. The summed E-state index contributed by atoms with van der Waals surface area (Å²) in [4.78, 5) is 32.2. The number of aromatic nitrogens is 3. The van der Waals surface area contributed by atoms with Gasteiger partial charge in [0.1, 0.15) is 0 Å². The van der Waals surface area contributed by atoms with E-state index in [4.69, 9.17) is 4.98 Å². The van der Waals surface area contributed by atoms with Crippen molar-refractivity contribution >= 4 is 34.2 Å². The molecule has 0 aliphatic heterocycles. The molecule has 3 aromatic heterocycles. The van der Waals surface area contributed by atoms with Crippen LogP contribution in [0.4, 0.5) is 0 Å². The second kappa shape index (κ2) is 9.54. The number of nitrogens with zero attached hydrogens (tertiary/aromatic N) is 3. The van der Waals surface area contributed by atoms with Gasteiger partial charge in [-0.1, -0.05) is 12.1 Å². The number of thiophene rings is 1. The highest BCUT2D eigenvalue weighted by atomic mass is 32.1. The SMILES string of the molecule is CCNC(=O)c1ccc(CNC(=O)c2cc(-c3ccc(C)s3)nc3c2cnn3C(C)C)cc1. The van der Waals surface area contributed by atoms with Crippen molar-refractivity contribution < 1.29 is 9.59 Å². The summed E-state index contributed by atoms with van der Waals surface area (Å²) in [6, 6.07) is 13.3. The van der Waals surface area contributed by atoms with Gasteiger partial charge in [0.15, 0.2) is 5.65 Å². The van der Waals surface area contributed by atoms with E-state index in [1.54, 1.807) is 29.7 Å². The second-order valence-electron chi connectivity index (χ2n) is 8.12. The van der Waals surface area contributed by atoms with E-state index in [2.05, 4.69) is 28.7 Å². The van der Waals surface area contributed by atoms with Crippen LogP contribution >= 0.6 is 11.3 Å². The van der Waals surface area contributed by atoms with Gasteiger partial charge in [-0.2, -0.15) is 5.10 Å². The molecule has 2 N–H and O–H groups in total. The van der Waals surface area contributed by atoms with Gasteiger partial charge >= 0.3 is 0 Å². The third-order valence-electron chi connectivity index (χ3n) is 5.30. The molecule has 0 unspecified atom stereocenters. The molecule has 0 saturated carbocycles. The molecule has 0 saturated heterocycles. The topological polar surface area (TPSA) is 88.9 Å². The van der Waals surface area contributed by atoms with E-state index in [9.17, 15) is 9.59 Å². The summed E-state index contributed by atoms with van der Waals surface area (Å²) in [5.74, 6) is -0.293. The maximum Gasteiger partial charge on any atom is 0.252 e. The number of aryl methyl sites for hydroxylation is 1. The molecular weight excluding hydrogens is 434 g/mol. The minimum Gasteiger partial charge on any atom is -0.352 e. The highest BCUT2D eigenvalue weighted by molar-refractivity contribution is 7.15. The Balaban J connectivity index is 1.61. The molecule has 0 fully saturated rings. The van der Waals surface area contributed by atoms with E-state index in [0.29, 0.717) is 29.9 Å². The molecular formula is C25H27N5O2S. The quantitative estimate of drug-likeness (QED) is 0.416. The fourth-order valence-corrected chi connectivity index (χ4v) is 4.42. The van der Waals surface area contributed by atoms with Gasteiger partial charge in [-0.3, -0.25) is 9.59 Å². The Morgan fingerprint density at radius 2 is 1.82 bits per heavy atom. The smallest absolute Gasteiger partial charge is 0.252 e. The average Bonchev–Trinajstić information content (AvgIpc) is 3.43. The van der Waals surface area contributed by atoms with E-state index in [0.717, 1.165) is 21.5 Å². The van der Waals surface area contributed by atoms with Gasteiger partial charge in [-0.25, -0.2) is 9.67 Å². The summed E-state index contributed by atoms with van der Waals surface area (Å²) in [7, 11) is 0. The van der Waals surface area contributed by atoms with Crippen molar-refractivity contribution in [3.05, 3.63) is 70.2 Å². The van der Waals surface area contributed by atoms with Crippen molar-refractivity contribution in [1.82, 2.24) is 25.4 Å². The van der Waals surface area contributed by atoms with Gasteiger partial charge in [-0.15, -0.1) is 11.3 Å². The lowest BCUT2D eigenvalue weighted by Crippen LogP contribution is -2.24. The van der Waals surface area contributed by atoms with Crippen LogP contribution < -0.4 is 10.6 Å². The number of rotatable bonds is 7. The van der Waals surface area contributed by atoms with E-state index in [1.807, 2.05) is 49.7 Å². The number of carbonyl (C=O) groups excluding carboxylic acids is 2. The lowest BCUT2D eigenvalue weighted by atomic mass is 10.1. The Morgan fingerprint density at radius 1 is 1.06 bits per heavy atom. The number of hydrogen-bond acceptors (Lipinski definition) is 5. The first-order chi connectivity index (χ1) is 15.9. The summed E-state index contributed by atoms with van der Waals surface area (Å²) in [5.41, 5.74) is 3.52. The molecule has 0 atom stereocenters. The lowest BCUT2D eigenvalue weighted by molar-refractivity contribution is 0.0944. The molecule has 0 radical (unpaired) electrons. The first-order valence-corrected chi connectivity index (χ1v) is 11.8. The molecule has 0 aliphatic rings. The molecule has 4 rings (SSSR count). The van der Waals surface area contributed by atoms with Crippen molar-refractivity contribution in [3.8, 4) is 10.6 Å². The minimum absolute atomic E-state index is 0.106. The molecule has 7 nitrogen and oxygen atoms in total. The third-order valence-corrected chi connectivity index (χ3v) is 6.32. The number of amides is 2. The van der Waals surface area contributed by atoms with E-state index in [1.165, 1.54) is 4.88 Å². The monoisotopic (exact) mass is 461 g/mol. The van der Waals surface area contributed by atoms with Crippen molar-refractivity contribution in [2.45, 2.75) is 40.3 Å². The maximum atomic E-state index is 13.2. The van der Waals surface area contributed by atoms with Crippen molar-refractivity contribution in [1.29, 1.82) is 0 Å². The Kier molecular flexibility index (Phi) is 6.55. The van der Waals surface area contributed by atoms with Crippen LogP contribution in [-0.4, -0.2) is 33.1 Å². The standard InChI is InChI=1S/C25H27N5O2S/c1-5-26-24(31)18-9-7-17(8-10-18)13-27-25(32)19-12-21(22-11-6-16(4)33-22)29-23-20(19)14-28-30(23)15(2)3/h6-12,14-15H,5,13H2,1-4H3,(H,26,31)(H,27,32). The average molecular weight is 462 g/mol. The zero-order chi connectivity index (χ0) is 23.5. The summed E-state index contributed by atoms with van der Waals surface area (Å²) in [5, 5.41) is 11.0. The van der Waals surface area contributed by atoms with E-state index < -0.39 is 0 Å². The first kappa shape index (κ1) is 22.7. The first-order valence-electron chi connectivity index (χ1n) is 11.0. The Morgan fingerprint density at radius 3 is 2.45 bits per heavy atom. The fourth-order valence-electron chi connectivity index (χ4n) is 3.60. The fraction of sp³-hybridized carbons (Fsp3) is 0.280. The van der Waals surface area contributed by atoms with Crippen LogP contribution in [-0.2, 0) is 6.54 Å². The van der Waals surface area contributed by atoms with E-state index >= 15 is 0 Å². The zero-order valence-electron chi connectivity index (χ0n) is 19.2. The van der Waals surface area contributed by atoms with E-state index in [-0.39, 0.29) is 17.9 Å². The van der Waals surface area contributed by atoms with Gasteiger partial charge in [0.2, 0.25) is 0 Å². The largest absolute Gasteiger partial charge is 0.352 e. The van der Waals surface area contributed by atoms with Crippen molar-refractivity contribution in [3.63, 3.8) is 0 Å². The molecule has 0 aliphatic carbocycles. The Hall–Kier alpha value is -3.52. The Labute approximate surface area is 196 Å². The van der Waals surface area contributed by atoms with Gasteiger partial charge < -0.3 is 10.6 Å². The molecule has 3 heterocycles. The van der Waals surface area contributed by atoms with Crippen LogP contribution in [0.25, 0.3) is 21.6 Å². The Bertz CT molecular complexity index is 1300. The normalized spacial score (nSPS) is 11.2. The molecule has 0 spiro atoms. The molecule has 170 valence electrons. The number of fused-ring (bicyclic) bond motifs is 1. The predicted molar refractivity (Wildman–Crippen MR) is 132 cm³/mol. The second-order valence-corrected chi connectivity index (χ2v) is 9.41. The molecule has 2 amide bonds. The minimum atomic E-state index is -0.187. The number of carbonyl (C=O) groups is 2. The molecule has 0 bridgehead atoms. The molecule has 1 aromatic carbocycles. The number of pyridine rings is 1. The van der Waals surface area contributed by atoms with Crippen LogP contribution in [0, 0.1) is 6.92 Å². The van der Waals surface area contributed by atoms with Crippen molar-refractivity contribution in [2.75, 3.05) is 6.54 Å². The lowest BCUT2D eigenvalue weighted by Gasteiger charge is -2.11. The summed E-state index contributed by atoms with van der Waals surface area (Å²) < 4.78 is 1.84. The van der Waals surface area contributed by atoms with Gasteiger partial charge in [0, 0.05) is 29.6 Å². The number of hydrogen-bond donors (Lipinski definition) is 2. The summed E-state index contributed by atoms with van der Waals surface area (Å²) >= 11 is 1.65. The maximum absolute atomic E-state index is 13.2. The highest BCUT2D eigenvalue weighted by Crippen LogP contribution is 2.30. The molecule has 8 heteroatoms. The summed E-state index contributed by atoms with van der Waals surface area (Å²) in [6.07, 6.45) is 1.71. The van der Waals surface area contributed by atoms with Crippen LogP contribution in [0.5, 0.6) is 0 Å². The third kappa shape index (κ3) is 4.80. The van der Waals surface area contributed by atoms with Crippen LogP contribution in [0.3, 0.4) is 0 Å². The number of nitrogens with one attached hydrogen (secondary N) is 2. The van der Waals surface area contributed by atoms with Gasteiger partial charge in [0.05, 0.1) is 27.7 Å². The molecule has 33 heavy (non-hydrogen) atoms. The van der Waals surface area contributed by atoms with Crippen LogP contribution in [0.2, 0.25) is 0 Å². The van der Waals surface area contributed by atoms with Gasteiger partial charge in [0.25, 0.3) is 11.8 Å². The number of benzene rings is 1. The van der Waals surface area contributed by atoms with Crippen molar-refractivity contribution in [2.24, 2.45) is 0 Å². The van der Waals surface area contributed by atoms with Crippen LogP contribution in [0.15, 0.2) is 48.7 Å². The predicted octanol–water partition coefficient (Wildman–Crippen LogP) is 4.73. The van der Waals surface area contributed by atoms with Crippen LogP contribution in [0.1, 0.15) is 58.0 Å². The highest BCUT2D eigenvalue weighted by Gasteiger charge is 2.19.